The van der Waals surface area contributed by atoms with Gasteiger partial charge in [0.25, 0.3) is 0 Å². The van der Waals surface area contributed by atoms with Crippen LogP contribution in [0.4, 0.5) is 0 Å². The SMILES string of the molecule is CCCn1nncc1C(NN)c1ccoc1C. The minimum Gasteiger partial charge on any atom is -0.469 e. The van der Waals surface area contributed by atoms with Gasteiger partial charge in [-0.2, -0.15) is 0 Å². The zero-order chi connectivity index (χ0) is 12.3. The monoisotopic (exact) mass is 235 g/mol. The highest BCUT2D eigenvalue weighted by atomic mass is 16.3. The van der Waals surface area contributed by atoms with Gasteiger partial charge in [-0.3, -0.25) is 5.84 Å². The van der Waals surface area contributed by atoms with E-state index in [1.54, 1.807) is 12.5 Å². The van der Waals surface area contributed by atoms with Gasteiger partial charge in [0, 0.05) is 12.1 Å². The number of nitrogens with one attached hydrogen (secondary N) is 1. The summed E-state index contributed by atoms with van der Waals surface area (Å²) in [7, 11) is 0. The first-order valence-electron chi connectivity index (χ1n) is 5.66. The lowest BCUT2D eigenvalue weighted by atomic mass is 10.1. The van der Waals surface area contributed by atoms with Gasteiger partial charge in [0.1, 0.15) is 5.76 Å². The normalized spacial score (nSPS) is 12.9. The Hall–Kier alpha value is -1.66. The van der Waals surface area contributed by atoms with Gasteiger partial charge in [-0.05, 0) is 19.4 Å². The zero-order valence-electron chi connectivity index (χ0n) is 10.1. The second-order valence-electron chi connectivity index (χ2n) is 3.91. The molecular weight excluding hydrogens is 218 g/mol. The van der Waals surface area contributed by atoms with Gasteiger partial charge >= 0.3 is 0 Å². The van der Waals surface area contributed by atoms with Crippen molar-refractivity contribution >= 4 is 0 Å². The van der Waals surface area contributed by atoms with E-state index in [1.807, 2.05) is 17.7 Å². The number of hydrazine groups is 1. The number of nitrogens with two attached hydrogens (primary N) is 1. The van der Waals surface area contributed by atoms with Crippen molar-refractivity contribution in [1.82, 2.24) is 20.4 Å². The minimum atomic E-state index is -0.143. The Kier molecular flexibility index (Phi) is 3.55. The zero-order valence-corrected chi connectivity index (χ0v) is 10.1. The Bertz CT molecular complexity index is 476. The third kappa shape index (κ3) is 2.22. The third-order valence-electron chi connectivity index (χ3n) is 2.76. The Morgan fingerprint density at radius 1 is 1.59 bits per heavy atom. The fourth-order valence-electron chi connectivity index (χ4n) is 1.90. The maximum Gasteiger partial charge on any atom is 0.105 e. The van der Waals surface area contributed by atoms with Crippen LogP contribution in [-0.2, 0) is 6.54 Å². The predicted octanol–water partition coefficient (Wildman–Crippen LogP) is 1.14. The molecule has 0 aliphatic heterocycles. The van der Waals surface area contributed by atoms with Crippen LogP contribution in [0.25, 0.3) is 0 Å². The topological polar surface area (TPSA) is 81.9 Å². The summed E-state index contributed by atoms with van der Waals surface area (Å²) in [5.41, 5.74) is 4.74. The molecule has 0 bridgehead atoms. The van der Waals surface area contributed by atoms with Crippen LogP contribution in [0, 0.1) is 6.92 Å². The van der Waals surface area contributed by atoms with Crippen LogP contribution in [0.3, 0.4) is 0 Å². The van der Waals surface area contributed by atoms with Crippen molar-refractivity contribution < 1.29 is 4.42 Å². The molecule has 0 saturated heterocycles. The highest BCUT2D eigenvalue weighted by molar-refractivity contribution is 5.27. The number of aromatic nitrogens is 3. The summed E-state index contributed by atoms with van der Waals surface area (Å²) in [6.45, 7) is 4.83. The van der Waals surface area contributed by atoms with Crippen LogP contribution in [-0.4, -0.2) is 15.0 Å². The van der Waals surface area contributed by atoms with Gasteiger partial charge in [-0.25, -0.2) is 10.1 Å². The van der Waals surface area contributed by atoms with Crippen LogP contribution in [0.1, 0.15) is 36.4 Å². The van der Waals surface area contributed by atoms with E-state index < -0.39 is 0 Å². The van der Waals surface area contributed by atoms with Crippen molar-refractivity contribution in [3.05, 3.63) is 35.5 Å². The molecule has 6 heteroatoms. The van der Waals surface area contributed by atoms with E-state index >= 15 is 0 Å². The summed E-state index contributed by atoms with van der Waals surface area (Å²) >= 11 is 0. The summed E-state index contributed by atoms with van der Waals surface area (Å²) < 4.78 is 7.16. The Morgan fingerprint density at radius 3 is 3.00 bits per heavy atom. The van der Waals surface area contributed by atoms with Crippen LogP contribution >= 0.6 is 0 Å². The molecule has 2 rings (SSSR count). The summed E-state index contributed by atoms with van der Waals surface area (Å²) in [4.78, 5) is 0. The molecule has 0 spiro atoms. The molecule has 2 aromatic rings. The first-order valence-corrected chi connectivity index (χ1v) is 5.66. The van der Waals surface area contributed by atoms with Crippen LogP contribution < -0.4 is 11.3 Å². The van der Waals surface area contributed by atoms with Gasteiger partial charge in [0.15, 0.2) is 0 Å². The summed E-state index contributed by atoms with van der Waals surface area (Å²) in [6.07, 6.45) is 4.38. The van der Waals surface area contributed by atoms with Gasteiger partial charge in [-0.15, -0.1) is 5.10 Å². The molecule has 2 heterocycles. The van der Waals surface area contributed by atoms with Crippen molar-refractivity contribution in [3.8, 4) is 0 Å². The largest absolute Gasteiger partial charge is 0.469 e. The Morgan fingerprint density at radius 2 is 2.41 bits per heavy atom. The van der Waals surface area contributed by atoms with Crippen molar-refractivity contribution in [3.63, 3.8) is 0 Å². The average Bonchev–Trinajstić information content (AvgIpc) is 2.92. The highest BCUT2D eigenvalue weighted by Crippen LogP contribution is 2.24. The van der Waals surface area contributed by atoms with E-state index in [9.17, 15) is 0 Å². The summed E-state index contributed by atoms with van der Waals surface area (Å²) in [5, 5.41) is 7.99. The molecule has 0 amide bonds. The lowest BCUT2D eigenvalue weighted by Crippen LogP contribution is -2.31. The number of rotatable bonds is 5. The second-order valence-corrected chi connectivity index (χ2v) is 3.91. The minimum absolute atomic E-state index is 0.143. The Balaban J connectivity index is 2.35. The molecule has 1 unspecified atom stereocenters. The standard InChI is InChI=1S/C11H17N5O/c1-3-5-16-10(7-13-15-16)11(14-12)9-4-6-17-8(9)2/h4,6-7,11,14H,3,5,12H2,1-2H3. The van der Waals surface area contributed by atoms with Crippen LogP contribution in [0.2, 0.25) is 0 Å². The second kappa shape index (κ2) is 5.11. The summed E-state index contributed by atoms with van der Waals surface area (Å²) in [6, 6.07) is 1.76. The van der Waals surface area contributed by atoms with Crippen LogP contribution in [0.15, 0.2) is 22.9 Å². The first kappa shape index (κ1) is 11.8. The van der Waals surface area contributed by atoms with E-state index in [4.69, 9.17) is 10.3 Å². The molecule has 0 aromatic carbocycles. The average molecular weight is 235 g/mol. The maximum absolute atomic E-state index is 5.63. The molecule has 3 N–H and O–H groups in total. The third-order valence-corrected chi connectivity index (χ3v) is 2.76. The quantitative estimate of drug-likeness (QED) is 0.600. The molecule has 0 aliphatic carbocycles. The van der Waals surface area contributed by atoms with Crippen molar-refractivity contribution in [2.75, 3.05) is 0 Å². The van der Waals surface area contributed by atoms with Crippen molar-refractivity contribution in [2.45, 2.75) is 32.9 Å². The van der Waals surface area contributed by atoms with Gasteiger partial charge in [-0.1, -0.05) is 12.1 Å². The number of furan rings is 1. The number of hydrogen-bond donors (Lipinski definition) is 2. The number of nitrogens with zero attached hydrogens (tertiary/aromatic N) is 3. The van der Waals surface area contributed by atoms with E-state index in [0.29, 0.717) is 0 Å². The van der Waals surface area contributed by atoms with E-state index in [-0.39, 0.29) is 6.04 Å². The fraction of sp³-hybridized carbons (Fsp3) is 0.455. The molecule has 0 fully saturated rings. The molecule has 92 valence electrons. The van der Waals surface area contributed by atoms with E-state index in [0.717, 1.165) is 30.0 Å². The number of hydrogen-bond acceptors (Lipinski definition) is 5. The lowest BCUT2D eigenvalue weighted by Gasteiger charge is -2.16. The van der Waals surface area contributed by atoms with E-state index in [2.05, 4.69) is 22.7 Å². The summed E-state index contributed by atoms with van der Waals surface area (Å²) in [5.74, 6) is 6.47. The smallest absolute Gasteiger partial charge is 0.105 e. The predicted molar refractivity (Wildman–Crippen MR) is 62.9 cm³/mol. The van der Waals surface area contributed by atoms with Gasteiger partial charge < -0.3 is 4.42 Å². The van der Waals surface area contributed by atoms with Crippen molar-refractivity contribution in [1.29, 1.82) is 0 Å². The first-order chi connectivity index (χ1) is 8.27. The Labute approximate surface area is 99.8 Å². The molecule has 1 atom stereocenters. The molecule has 17 heavy (non-hydrogen) atoms. The maximum atomic E-state index is 5.63. The molecule has 2 aromatic heterocycles. The fourth-order valence-corrected chi connectivity index (χ4v) is 1.90. The molecule has 6 nitrogen and oxygen atoms in total. The molecule has 0 aliphatic rings. The van der Waals surface area contributed by atoms with Crippen molar-refractivity contribution in [2.24, 2.45) is 5.84 Å². The number of aryl methyl sites for hydroxylation is 2. The van der Waals surface area contributed by atoms with Gasteiger partial charge in [0.05, 0.1) is 24.2 Å². The highest BCUT2D eigenvalue weighted by Gasteiger charge is 2.20. The lowest BCUT2D eigenvalue weighted by molar-refractivity contribution is 0.494. The molecule has 0 saturated carbocycles. The molecule has 0 radical (unpaired) electrons. The van der Waals surface area contributed by atoms with E-state index in [1.165, 1.54) is 0 Å². The van der Waals surface area contributed by atoms with Gasteiger partial charge in [0.2, 0.25) is 0 Å². The molecular formula is C11H17N5O. The van der Waals surface area contributed by atoms with Crippen LogP contribution in [0.5, 0.6) is 0 Å².